The van der Waals surface area contributed by atoms with Gasteiger partial charge in [0.05, 0.1) is 6.10 Å². The van der Waals surface area contributed by atoms with Gasteiger partial charge >= 0.3 is 0 Å². The van der Waals surface area contributed by atoms with Crippen molar-refractivity contribution in [3.63, 3.8) is 0 Å². The second-order valence-corrected chi connectivity index (χ2v) is 2.09. The third kappa shape index (κ3) is 2.43. The summed E-state index contributed by atoms with van der Waals surface area (Å²) in [4.78, 5) is 9.85. The van der Waals surface area contributed by atoms with Crippen LogP contribution in [0.4, 0.5) is 0 Å². The van der Waals surface area contributed by atoms with E-state index in [0.717, 1.165) is 0 Å². The zero-order chi connectivity index (χ0) is 8.15. The van der Waals surface area contributed by atoms with E-state index in [0.29, 0.717) is 6.42 Å². The van der Waals surface area contributed by atoms with E-state index < -0.39 is 18.3 Å². The van der Waals surface area contributed by atoms with Gasteiger partial charge in [-0.05, 0) is 6.42 Å². The van der Waals surface area contributed by atoms with Crippen LogP contribution in [0, 0.1) is 0 Å². The molecule has 0 fully saturated rings. The van der Waals surface area contributed by atoms with Crippen LogP contribution >= 0.6 is 0 Å². The van der Waals surface area contributed by atoms with Crippen LogP contribution in [-0.4, -0.2) is 39.9 Å². The van der Waals surface area contributed by atoms with E-state index in [1.807, 2.05) is 0 Å². The molecule has 0 aromatic heterocycles. The lowest BCUT2D eigenvalue weighted by Crippen LogP contribution is -2.37. The van der Waals surface area contributed by atoms with Crippen molar-refractivity contribution in [1.29, 1.82) is 0 Å². The van der Waals surface area contributed by atoms with Gasteiger partial charge in [-0.3, -0.25) is 0 Å². The second-order valence-electron chi connectivity index (χ2n) is 2.09. The highest BCUT2D eigenvalue weighted by Gasteiger charge is 2.21. The highest BCUT2D eigenvalue weighted by molar-refractivity contribution is 5.56. The summed E-state index contributed by atoms with van der Waals surface area (Å²) >= 11 is 0. The number of aliphatic hydroxyl groups excluding tert-OH is 3. The van der Waals surface area contributed by atoms with Crippen LogP contribution in [0.1, 0.15) is 13.3 Å². The highest BCUT2D eigenvalue weighted by Crippen LogP contribution is 2.01. The average molecular weight is 148 g/mol. The first kappa shape index (κ1) is 9.55. The van der Waals surface area contributed by atoms with Crippen LogP contribution in [0.2, 0.25) is 0 Å². The first-order valence-electron chi connectivity index (χ1n) is 3.13. The molecule has 0 aromatic carbocycles. The molecule has 0 bridgehead atoms. The van der Waals surface area contributed by atoms with Gasteiger partial charge in [-0.15, -0.1) is 0 Å². The molecule has 0 saturated carbocycles. The van der Waals surface area contributed by atoms with Crippen molar-refractivity contribution in [2.24, 2.45) is 0 Å². The highest BCUT2D eigenvalue weighted by atomic mass is 16.4. The van der Waals surface area contributed by atoms with Crippen LogP contribution in [0.5, 0.6) is 0 Å². The van der Waals surface area contributed by atoms with E-state index in [1.165, 1.54) is 0 Å². The molecule has 0 aliphatic heterocycles. The molecule has 0 heterocycles. The monoisotopic (exact) mass is 148 g/mol. The number of rotatable bonds is 4. The fourth-order valence-corrected chi connectivity index (χ4v) is 0.550. The minimum atomic E-state index is -1.48. The molecule has 60 valence electrons. The van der Waals surface area contributed by atoms with Gasteiger partial charge < -0.3 is 20.1 Å². The molecule has 4 heteroatoms. The molecule has 0 unspecified atom stereocenters. The van der Waals surface area contributed by atoms with Gasteiger partial charge in [0, 0.05) is 0 Å². The summed E-state index contributed by atoms with van der Waals surface area (Å²) in [6, 6.07) is 0. The van der Waals surface area contributed by atoms with Crippen molar-refractivity contribution in [1.82, 2.24) is 0 Å². The van der Waals surface area contributed by atoms with Crippen LogP contribution in [0.3, 0.4) is 0 Å². The van der Waals surface area contributed by atoms with Crippen molar-refractivity contribution in [2.45, 2.75) is 31.7 Å². The van der Waals surface area contributed by atoms with Crippen molar-refractivity contribution in [3.05, 3.63) is 0 Å². The quantitative estimate of drug-likeness (QED) is 0.432. The molecule has 10 heavy (non-hydrogen) atoms. The Balaban J connectivity index is 3.80. The Labute approximate surface area is 59.1 Å². The number of aliphatic hydroxyl groups is 3. The van der Waals surface area contributed by atoms with Crippen LogP contribution in [0.25, 0.3) is 0 Å². The van der Waals surface area contributed by atoms with Crippen LogP contribution in [-0.2, 0) is 4.79 Å². The fraction of sp³-hybridized carbons (Fsp3) is 0.833. The van der Waals surface area contributed by atoms with Crippen LogP contribution in [0.15, 0.2) is 0 Å². The van der Waals surface area contributed by atoms with Gasteiger partial charge in [-0.25, -0.2) is 0 Å². The van der Waals surface area contributed by atoms with Gasteiger partial charge in [0.15, 0.2) is 6.29 Å². The largest absolute Gasteiger partial charge is 0.390 e. The number of hydrogen-bond donors (Lipinski definition) is 3. The van der Waals surface area contributed by atoms with E-state index in [1.54, 1.807) is 6.92 Å². The molecular formula is C6H12O4. The lowest BCUT2D eigenvalue weighted by molar-refractivity contribution is -0.126. The lowest BCUT2D eigenvalue weighted by Gasteiger charge is -2.17. The van der Waals surface area contributed by atoms with Gasteiger partial charge in [0.1, 0.15) is 12.2 Å². The second kappa shape index (κ2) is 4.38. The molecule has 0 radical (unpaired) electrons. The summed E-state index contributed by atoms with van der Waals surface area (Å²) in [5.74, 6) is 0. The molecule has 0 rings (SSSR count). The zero-order valence-electron chi connectivity index (χ0n) is 5.77. The summed E-state index contributed by atoms with van der Waals surface area (Å²) in [5.41, 5.74) is 0. The maximum absolute atomic E-state index is 9.85. The molecule has 0 amide bonds. The standard InChI is InChI=1S/C6H12O4/c1-2-4(8)6(10)5(9)3-7/h3-6,8-10H,2H2,1H3/t4-,5+,6+/m1/s1. The Morgan fingerprint density at radius 1 is 1.40 bits per heavy atom. The van der Waals surface area contributed by atoms with Crippen LogP contribution < -0.4 is 0 Å². The number of hydrogen-bond acceptors (Lipinski definition) is 4. The Morgan fingerprint density at radius 2 is 1.90 bits per heavy atom. The normalized spacial score (nSPS) is 19.6. The third-order valence-electron chi connectivity index (χ3n) is 1.30. The first-order valence-corrected chi connectivity index (χ1v) is 3.13. The Bertz CT molecular complexity index is 104. The molecule has 3 N–H and O–H groups in total. The molecule has 0 aromatic rings. The predicted octanol–water partition coefficient (Wildman–Crippen LogP) is -1.32. The predicted molar refractivity (Wildman–Crippen MR) is 34.4 cm³/mol. The van der Waals surface area contributed by atoms with E-state index in [4.69, 9.17) is 15.3 Å². The molecule has 0 aliphatic rings. The molecular weight excluding hydrogens is 136 g/mol. The smallest absolute Gasteiger partial charge is 0.151 e. The summed E-state index contributed by atoms with van der Waals surface area (Å²) in [5, 5.41) is 26.4. The molecule has 4 nitrogen and oxygen atoms in total. The van der Waals surface area contributed by atoms with E-state index in [9.17, 15) is 4.79 Å². The maximum Gasteiger partial charge on any atom is 0.151 e. The van der Waals surface area contributed by atoms with E-state index in [2.05, 4.69) is 0 Å². The zero-order valence-corrected chi connectivity index (χ0v) is 5.77. The van der Waals surface area contributed by atoms with Gasteiger partial charge in [0.25, 0.3) is 0 Å². The Hall–Kier alpha value is -0.450. The minimum absolute atomic E-state index is 0.198. The summed E-state index contributed by atoms with van der Waals surface area (Å²) < 4.78 is 0. The number of aldehydes is 1. The van der Waals surface area contributed by atoms with Crippen molar-refractivity contribution in [2.75, 3.05) is 0 Å². The topological polar surface area (TPSA) is 77.8 Å². The Kier molecular flexibility index (Phi) is 4.18. The fourth-order valence-electron chi connectivity index (χ4n) is 0.550. The summed E-state index contributed by atoms with van der Waals surface area (Å²) in [7, 11) is 0. The number of carbonyl (C=O) groups excluding carboxylic acids is 1. The summed E-state index contributed by atoms with van der Waals surface area (Å²) in [6.07, 6.45) is -3.35. The Morgan fingerprint density at radius 3 is 2.20 bits per heavy atom. The van der Waals surface area contributed by atoms with Gasteiger partial charge in [0.2, 0.25) is 0 Å². The third-order valence-corrected chi connectivity index (χ3v) is 1.30. The summed E-state index contributed by atoms with van der Waals surface area (Å²) in [6.45, 7) is 1.64. The van der Waals surface area contributed by atoms with E-state index >= 15 is 0 Å². The van der Waals surface area contributed by atoms with Gasteiger partial charge in [-0.2, -0.15) is 0 Å². The van der Waals surface area contributed by atoms with Crippen molar-refractivity contribution < 1.29 is 20.1 Å². The molecule has 0 saturated heterocycles. The molecule has 0 spiro atoms. The first-order chi connectivity index (χ1) is 4.63. The molecule has 0 aliphatic carbocycles. The average Bonchev–Trinajstić information content (AvgIpc) is 2.00. The number of carbonyl (C=O) groups is 1. The van der Waals surface area contributed by atoms with Crippen molar-refractivity contribution in [3.8, 4) is 0 Å². The maximum atomic E-state index is 9.85. The molecule has 3 atom stereocenters. The lowest BCUT2D eigenvalue weighted by atomic mass is 10.1. The SMILES string of the molecule is CC[C@@H](O)[C@H](O)[C@@H](O)C=O. The van der Waals surface area contributed by atoms with E-state index in [-0.39, 0.29) is 6.29 Å². The van der Waals surface area contributed by atoms with Gasteiger partial charge in [-0.1, -0.05) is 6.92 Å². The van der Waals surface area contributed by atoms with Crippen molar-refractivity contribution >= 4 is 6.29 Å². The minimum Gasteiger partial charge on any atom is -0.390 e.